The molecule has 0 aliphatic carbocycles. The number of amides is 1. The van der Waals surface area contributed by atoms with Gasteiger partial charge in [-0.05, 0) is 54.1 Å². The van der Waals surface area contributed by atoms with Crippen LogP contribution in [0.25, 0.3) is 0 Å². The molecule has 3 nitrogen and oxygen atoms in total. The van der Waals surface area contributed by atoms with Crippen LogP contribution in [-0.2, 0) is 17.8 Å². The van der Waals surface area contributed by atoms with E-state index in [4.69, 9.17) is 12.2 Å². The van der Waals surface area contributed by atoms with Crippen LogP contribution in [0.1, 0.15) is 42.7 Å². The Balaban J connectivity index is 1.85. The van der Waals surface area contributed by atoms with Crippen molar-refractivity contribution >= 4 is 34.6 Å². The van der Waals surface area contributed by atoms with E-state index in [1.807, 2.05) is 36.6 Å². The van der Waals surface area contributed by atoms with Crippen LogP contribution >= 0.6 is 23.6 Å². The molecule has 0 fully saturated rings. The second-order valence-electron chi connectivity index (χ2n) is 6.31. The highest BCUT2D eigenvalue weighted by molar-refractivity contribution is 7.80. The van der Waals surface area contributed by atoms with Crippen LogP contribution in [0.2, 0.25) is 0 Å². The Hall–Kier alpha value is -1.72. The van der Waals surface area contributed by atoms with Crippen LogP contribution in [0.3, 0.4) is 0 Å². The fraction of sp³-hybridized carbons (Fsp3) is 0.368. The van der Waals surface area contributed by atoms with Crippen LogP contribution in [-0.4, -0.2) is 11.0 Å². The van der Waals surface area contributed by atoms with Crippen molar-refractivity contribution in [2.45, 2.75) is 39.7 Å². The second-order valence-corrected chi connectivity index (χ2v) is 7.75. The Morgan fingerprint density at radius 2 is 1.88 bits per heavy atom. The molecular weight excluding hydrogens is 336 g/mol. The lowest BCUT2D eigenvalue weighted by Crippen LogP contribution is -2.40. The van der Waals surface area contributed by atoms with Gasteiger partial charge in [-0.3, -0.25) is 4.79 Å². The topological polar surface area (TPSA) is 41.1 Å². The van der Waals surface area contributed by atoms with Crippen LogP contribution in [0, 0.1) is 5.92 Å². The number of nitrogens with one attached hydrogen (secondary N) is 2. The van der Waals surface area contributed by atoms with E-state index in [1.165, 1.54) is 10.4 Å². The van der Waals surface area contributed by atoms with Gasteiger partial charge in [0.2, 0.25) is 5.91 Å². The van der Waals surface area contributed by atoms with Crippen LogP contribution in [0.15, 0.2) is 41.8 Å². The van der Waals surface area contributed by atoms with Crippen molar-refractivity contribution in [3.05, 3.63) is 57.8 Å². The molecule has 1 amide bonds. The highest BCUT2D eigenvalue weighted by Gasteiger charge is 2.16. The molecule has 24 heavy (non-hydrogen) atoms. The summed E-state index contributed by atoms with van der Waals surface area (Å²) in [7, 11) is 0. The minimum atomic E-state index is -0.236. The predicted octanol–water partition coefficient (Wildman–Crippen LogP) is 4.24. The Morgan fingerprint density at radius 1 is 1.17 bits per heavy atom. The molecule has 5 heteroatoms. The number of thiophene rings is 1. The first-order valence-corrected chi connectivity index (χ1v) is 9.44. The summed E-state index contributed by atoms with van der Waals surface area (Å²) >= 11 is 6.86. The van der Waals surface area contributed by atoms with E-state index in [9.17, 15) is 4.79 Å². The van der Waals surface area contributed by atoms with Crippen molar-refractivity contribution in [3.63, 3.8) is 0 Å². The molecule has 0 spiro atoms. The molecular formula is C19H24N2OS2. The third kappa shape index (κ3) is 5.73. The van der Waals surface area contributed by atoms with Gasteiger partial charge in [-0.25, -0.2) is 0 Å². The maximum absolute atomic E-state index is 12.3. The lowest BCUT2D eigenvalue weighted by atomic mass is 9.96. The molecule has 1 atom stereocenters. The lowest BCUT2D eigenvalue weighted by Gasteiger charge is -2.15. The summed E-state index contributed by atoms with van der Waals surface area (Å²) in [5.74, 6) is 0.304. The first-order valence-electron chi connectivity index (χ1n) is 8.15. The smallest absolute Gasteiger partial charge is 0.233 e. The molecule has 0 radical (unpaired) electrons. The highest BCUT2D eigenvalue weighted by Crippen LogP contribution is 2.17. The number of hydrogen-bond acceptors (Lipinski definition) is 3. The Morgan fingerprint density at radius 3 is 2.46 bits per heavy atom. The molecule has 0 aliphatic heterocycles. The summed E-state index contributed by atoms with van der Waals surface area (Å²) in [6.07, 6.45) is 1.05. The summed E-state index contributed by atoms with van der Waals surface area (Å²) < 4.78 is 0. The van der Waals surface area contributed by atoms with Crippen LogP contribution < -0.4 is 10.6 Å². The molecule has 0 saturated carbocycles. The number of thiocarbonyl (C=S) groups is 1. The third-order valence-electron chi connectivity index (χ3n) is 3.76. The number of carbonyl (C=O) groups excluding carboxylic acids is 1. The molecule has 1 aromatic carbocycles. The summed E-state index contributed by atoms with van der Waals surface area (Å²) in [6.45, 7) is 6.94. The fourth-order valence-corrected chi connectivity index (χ4v) is 3.23. The zero-order chi connectivity index (χ0) is 17.5. The zero-order valence-corrected chi connectivity index (χ0v) is 16.0. The van der Waals surface area contributed by atoms with Crippen LogP contribution in [0.4, 0.5) is 0 Å². The Bertz CT molecular complexity index is 663. The monoisotopic (exact) mass is 360 g/mol. The summed E-state index contributed by atoms with van der Waals surface area (Å²) in [6, 6.07) is 12.3. The molecule has 0 aliphatic rings. The van der Waals surface area contributed by atoms with Gasteiger partial charge in [0.05, 0.1) is 12.5 Å². The van der Waals surface area contributed by atoms with E-state index in [1.54, 1.807) is 11.3 Å². The Kier molecular flexibility index (Phi) is 6.94. The summed E-state index contributed by atoms with van der Waals surface area (Å²) in [4.78, 5) is 13.5. The van der Waals surface area contributed by atoms with Gasteiger partial charge >= 0.3 is 0 Å². The average Bonchev–Trinajstić information content (AvgIpc) is 3.06. The van der Waals surface area contributed by atoms with Crippen molar-refractivity contribution < 1.29 is 4.79 Å². The lowest BCUT2D eigenvalue weighted by molar-refractivity contribution is -0.120. The molecule has 2 N–H and O–H groups in total. The molecule has 0 saturated heterocycles. The van der Waals surface area contributed by atoms with Gasteiger partial charge in [0.25, 0.3) is 0 Å². The largest absolute Gasteiger partial charge is 0.357 e. The van der Waals surface area contributed by atoms with Gasteiger partial charge < -0.3 is 10.6 Å². The van der Waals surface area contributed by atoms with Gasteiger partial charge in [-0.15, -0.1) is 11.3 Å². The van der Waals surface area contributed by atoms with Gasteiger partial charge in [0, 0.05) is 4.88 Å². The predicted molar refractivity (Wildman–Crippen MR) is 105 cm³/mol. The van der Waals surface area contributed by atoms with Crippen molar-refractivity contribution in [2.24, 2.45) is 5.92 Å². The molecule has 1 heterocycles. The highest BCUT2D eigenvalue weighted by atomic mass is 32.1. The van der Waals surface area contributed by atoms with Gasteiger partial charge in [0.15, 0.2) is 5.11 Å². The van der Waals surface area contributed by atoms with Gasteiger partial charge in [-0.1, -0.05) is 44.2 Å². The number of carbonyl (C=O) groups is 1. The van der Waals surface area contributed by atoms with Crippen molar-refractivity contribution in [2.75, 3.05) is 0 Å². The van der Waals surface area contributed by atoms with Crippen molar-refractivity contribution in [1.82, 2.24) is 10.6 Å². The molecule has 1 aromatic heterocycles. The second kappa shape index (κ2) is 8.94. The van der Waals surface area contributed by atoms with Crippen molar-refractivity contribution in [3.8, 4) is 0 Å². The average molecular weight is 361 g/mol. The summed E-state index contributed by atoms with van der Waals surface area (Å²) in [5.41, 5.74) is 2.30. The van der Waals surface area contributed by atoms with Gasteiger partial charge in [0.1, 0.15) is 0 Å². The normalized spacial score (nSPS) is 12.0. The summed E-state index contributed by atoms with van der Waals surface area (Å²) in [5, 5.41) is 8.23. The van der Waals surface area contributed by atoms with E-state index in [0.29, 0.717) is 17.6 Å². The van der Waals surface area contributed by atoms with E-state index in [2.05, 4.69) is 36.6 Å². The van der Waals surface area contributed by atoms with E-state index in [-0.39, 0.29) is 11.8 Å². The first kappa shape index (κ1) is 18.6. The van der Waals surface area contributed by atoms with E-state index >= 15 is 0 Å². The molecule has 2 aromatic rings. The standard InChI is InChI=1S/C19H24N2OS2/c1-13(2)11-15-6-8-16(9-7-15)14(3)18(22)21-19(23)20-12-17-5-4-10-24-17/h4-10,13-14H,11-12H2,1-3H3,(H2,20,21,22,23). The molecule has 0 bridgehead atoms. The minimum absolute atomic E-state index is 0.0877. The maximum atomic E-state index is 12.3. The quantitative estimate of drug-likeness (QED) is 0.757. The van der Waals surface area contributed by atoms with Gasteiger partial charge in [-0.2, -0.15) is 0 Å². The maximum Gasteiger partial charge on any atom is 0.233 e. The Labute approximate surface area is 153 Å². The minimum Gasteiger partial charge on any atom is -0.357 e. The van der Waals surface area contributed by atoms with E-state index in [0.717, 1.165) is 12.0 Å². The zero-order valence-electron chi connectivity index (χ0n) is 14.3. The molecule has 128 valence electrons. The SMILES string of the molecule is CC(C)Cc1ccc(C(C)C(=O)NC(=S)NCc2cccs2)cc1. The first-order chi connectivity index (χ1) is 11.5. The van der Waals surface area contributed by atoms with E-state index < -0.39 is 0 Å². The number of hydrogen-bond donors (Lipinski definition) is 2. The molecule has 2 rings (SSSR count). The van der Waals surface area contributed by atoms with Crippen molar-refractivity contribution in [1.29, 1.82) is 0 Å². The molecule has 1 unspecified atom stereocenters. The number of benzene rings is 1. The fourth-order valence-electron chi connectivity index (χ4n) is 2.41. The van der Waals surface area contributed by atoms with Crippen LogP contribution in [0.5, 0.6) is 0 Å². The third-order valence-corrected chi connectivity index (χ3v) is 4.88. The number of rotatable bonds is 6.